The molecule has 6 nitrogen and oxygen atoms in total. The van der Waals surface area contributed by atoms with Crippen molar-refractivity contribution in [2.45, 2.75) is 32.4 Å². The highest BCUT2D eigenvalue weighted by molar-refractivity contribution is 5.72. The van der Waals surface area contributed by atoms with Gasteiger partial charge in [-0.1, -0.05) is 0 Å². The van der Waals surface area contributed by atoms with E-state index < -0.39 is 0 Å². The number of nitrogens with two attached hydrogens (primary N) is 1. The molecule has 0 aliphatic carbocycles. The third-order valence-electron chi connectivity index (χ3n) is 3.21. The van der Waals surface area contributed by atoms with Crippen LogP contribution < -0.4 is 11.1 Å². The molecule has 2 rings (SSSR count). The smallest absolute Gasteiger partial charge is 0.314 e. The number of carbonyl (C=O) groups excluding carboxylic acids is 1. The summed E-state index contributed by atoms with van der Waals surface area (Å²) in [7, 11) is 0. The maximum atomic E-state index is 11.0. The van der Waals surface area contributed by atoms with Crippen LogP contribution in [0.3, 0.4) is 0 Å². The molecule has 1 aliphatic rings. The van der Waals surface area contributed by atoms with Gasteiger partial charge in [-0.3, -0.25) is 0 Å². The molecular formula is C12H19N5O. The molecule has 2 amide bonds. The number of aromatic nitrogens is 2. The Balaban J connectivity index is 1.77. The number of piperidine rings is 1. The molecule has 1 aromatic rings. The summed E-state index contributed by atoms with van der Waals surface area (Å²) in [4.78, 5) is 21.1. The van der Waals surface area contributed by atoms with Crippen molar-refractivity contribution in [3.8, 4) is 0 Å². The quantitative estimate of drug-likeness (QED) is 0.813. The van der Waals surface area contributed by atoms with Crippen LogP contribution in [0.4, 0.5) is 4.79 Å². The molecule has 0 unspecified atom stereocenters. The largest absolute Gasteiger partial charge is 0.351 e. The first kappa shape index (κ1) is 12.8. The maximum absolute atomic E-state index is 11.0. The first-order valence-corrected chi connectivity index (χ1v) is 6.21. The molecule has 1 aliphatic heterocycles. The van der Waals surface area contributed by atoms with E-state index in [1.54, 1.807) is 11.1 Å². The molecule has 0 saturated carbocycles. The highest BCUT2D eigenvalue weighted by Gasteiger charge is 2.20. The van der Waals surface area contributed by atoms with Crippen LogP contribution in [-0.2, 0) is 6.54 Å². The number of hydrogen-bond donors (Lipinski definition) is 2. The molecule has 6 heteroatoms. The zero-order valence-corrected chi connectivity index (χ0v) is 10.6. The van der Waals surface area contributed by atoms with Gasteiger partial charge in [0.25, 0.3) is 0 Å². The third-order valence-corrected chi connectivity index (χ3v) is 3.21. The summed E-state index contributed by atoms with van der Waals surface area (Å²) >= 11 is 0. The normalized spacial score (nSPS) is 16.8. The number of primary amides is 1. The van der Waals surface area contributed by atoms with Crippen molar-refractivity contribution in [3.05, 3.63) is 23.8 Å². The second kappa shape index (κ2) is 5.77. The average Bonchev–Trinajstić information content (AvgIpc) is 2.37. The SMILES string of the molecule is Cc1nccc(CNC2CCN(C(N)=O)CC2)n1. The number of carbonyl (C=O) groups is 1. The first-order chi connectivity index (χ1) is 8.65. The van der Waals surface area contributed by atoms with Crippen molar-refractivity contribution >= 4 is 6.03 Å². The van der Waals surface area contributed by atoms with Gasteiger partial charge in [-0.15, -0.1) is 0 Å². The van der Waals surface area contributed by atoms with Crippen LogP contribution >= 0.6 is 0 Å². The second-order valence-electron chi connectivity index (χ2n) is 4.58. The average molecular weight is 249 g/mol. The van der Waals surface area contributed by atoms with E-state index in [4.69, 9.17) is 5.73 Å². The van der Waals surface area contributed by atoms with E-state index in [0.717, 1.165) is 44.0 Å². The molecule has 0 atom stereocenters. The number of aryl methyl sites for hydroxylation is 1. The van der Waals surface area contributed by atoms with E-state index in [1.807, 2.05) is 13.0 Å². The third kappa shape index (κ3) is 3.40. The fourth-order valence-electron chi connectivity index (χ4n) is 2.16. The summed E-state index contributed by atoms with van der Waals surface area (Å²) in [5, 5.41) is 3.46. The van der Waals surface area contributed by atoms with Gasteiger partial charge in [0.15, 0.2) is 0 Å². The van der Waals surface area contributed by atoms with E-state index in [2.05, 4.69) is 15.3 Å². The van der Waals surface area contributed by atoms with Crippen LogP contribution in [0.15, 0.2) is 12.3 Å². The first-order valence-electron chi connectivity index (χ1n) is 6.21. The lowest BCUT2D eigenvalue weighted by Crippen LogP contribution is -2.46. The lowest BCUT2D eigenvalue weighted by Gasteiger charge is -2.31. The minimum atomic E-state index is -0.320. The number of rotatable bonds is 3. The topological polar surface area (TPSA) is 84.1 Å². The zero-order valence-electron chi connectivity index (χ0n) is 10.6. The van der Waals surface area contributed by atoms with E-state index in [-0.39, 0.29) is 6.03 Å². The highest BCUT2D eigenvalue weighted by atomic mass is 16.2. The molecule has 2 heterocycles. The second-order valence-corrected chi connectivity index (χ2v) is 4.58. The van der Waals surface area contributed by atoms with Gasteiger partial charge in [-0.25, -0.2) is 14.8 Å². The van der Waals surface area contributed by atoms with Crippen LogP contribution in [0.2, 0.25) is 0 Å². The molecular weight excluding hydrogens is 230 g/mol. The van der Waals surface area contributed by atoms with Crippen molar-refractivity contribution in [1.82, 2.24) is 20.2 Å². The molecule has 0 spiro atoms. The van der Waals surface area contributed by atoms with Gasteiger partial charge in [-0.05, 0) is 25.8 Å². The van der Waals surface area contributed by atoms with Crippen molar-refractivity contribution < 1.29 is 4.79 Å². The molecule has 0 aromatic carbocycles. The van der Waals surface area contributed by atoms with Crippen LogP contribution in [0.5, 0.6) is 0 Å². The maximum Gasteiger partial charge on any atom is 0.314 e. The van der Waals surface area contributed by atoms with E-state index in [1.165, 1.54) is 0 Å². The monoisotopic (exact) mass is 249 g/mol. The van der Waals surface area contributed by atoms with Gasteiger partial charge in [-0.2, -0.15) is 0 Å². The summed E-state index contributed by atoms with van der Waals surface area (Å²) in [6, 6.07) is 2.02. The molecule has 98 valence electrons. The van der Waals surface area contributed by atoms with E-state index in [9.17, 15) is 4.79 Å². The summed E-state index contributed by atoms with van der Waals surface area (Å²) < 4.78 is 0. The number of nitrogens with one attached hydrogen (secondary N) is 1. The summed E-state index contributed by atoms with van der Waals surface area (Å²) in [6.45, 7) is 4.09. The van der Waals surface area contributed by atoms with Crippen molar-refractivity contribution in [3.63, 3.8) is 0 Å². The van der Waals surface area contributed by atoms with Crippen molar-refractivity contribution in [1.29, 1.82) is 0 Å². The van der Waals surface area contributed by atoms with Gasteiger partial charge < -0.3 is 16.0 Å². The van der Waals surface area contributed by atoms with E-state index >= 15 is 0 Å². The Bertz CT molecular complexity index is 415. The zero-order chi connectivity index (χ0) is 13.0. The minimum Gasteiger partial charge on any atom is -0.351 e. The summed E-state index contributed by atoms with van der Waals surface area (Å²) in [5.41, 5.74) is 6.24. The van der Waals surface area contributed by atoms with Crippen LogP contribution in [0, 0.1) is 6.92 Å². The number of likely N-dealkylation sites (tertiary alicyclic amines) is 1. The number of urea groups is 1. The number of amides is 2. The molecule has 1 saturated heterocycles. The predicted octanol–water partition coefficient (Wildman–Crippen LogP) is 0.418. The van der Waals surface area contributed by atoms with Crippen LogP contribution in [0.1, 0.15) is 24.4 Å². The Morgan fingerprint density at radius 3 is 2.89 bits per heavy atom. The Kier molecular flexibility index (Phi) is 4.09. The minimum absolute atomic E-state index is 0.320. The van der Waals surface area contributed by atoms with Gasteiger partial charge >= 0.3 is 6.03 Å². The van der Waals surface area contributed by atoms with Crippen molar-refractivity contribution in [2.24, 2.45) is 5.73 Å². The summed E-state index contributed by atoms with van der Waals surface area (Å²) in [6.07, 6.45) is 3.65. The van der Waals surface area contributed by atoms with Crippen molar-refractivity contribution in [2.75, 3.05) is 13.1 Å². The fraction of sp³-hybridized carbons (Fsp3) is 0.583. The lowest BCUT2D eigenvalue weighted by molar-refractivity contribution is 0.185. The molecule has 1 aromatic heterocycles. The van der Waals surface area contributed by atoms with Gasteiger partial charge in [0.05, 0.1) is 5.69 Å². The molecule has 1 fully saturated rings. The Hall–Kier alpha value is -1.69. The van der Waals surface area contributed by atoms with Crippen LogP contribution in [-0.4, -0.2) is 40.0 Å². The predicted molar refractivity (Wildman–Crippen MR) is 67.8 cm³/mol. The Labute approximate surface area is 107 Å². The molecule has 18 heavy (non-hydrogen) atoms. The Morgan fingerprint density at radius 2 is 2.28 bits per heavy atom. The highest BCUT2D eigenvalue weighted by Crippen LogP contribution is 2.10. The fourth-order valence-corrected chi connectivity index (χ4v) is 2.16. The summed E-state index contributed by atoms with van der Waals surface area (Å²) in [5.74, 6) is 0.790. The number of nitrogens with zero attached hydrogens (tertiary/aromatic N) is 3. The van der Waals surface area contributed by atoms with Gasteiger partial charge in [0, 0.05) is 31.9 Å². The molecule has 0 bridgehead atoms. The lowest BCUT2D eigenvalue weighted by atomic mass is 10.1. The van der Waals surface area contributed by atoms with Gasteiger partial charge in [0.2, 0.25) is 0 Å². The van der Waals surface area contributed by atoms with Gasteiger partial charge in [0.1, 0.15) is 5.82 Å². The molecule has 3 N–H and O–H groups in total. The van der Waals surface area contributed by atoms with Crippen LogP contribution in [0.25, 0.3) is 0 Å². The molecule has 0 radical (unpaired) electrons. The Morgan fingerprint density at radius 1 is 1.56 bits per heavy atom. The van der Waals surface area contributed by atoms with E-state index in [0.29, 0.717) is 6.04 Å². The number of hydrogen-bond acceptors (Lipinski definition) is 4. The standard InChI is InChI=1S/C12H19N5O/c1-9-14-5-2-11(16-9)8-15-10-3-6-17(7-4-10)12(13)18/h2,5,10,15H,3-4,6-8H2,1H3,(H2,13,18).